The molecule has 0 heterocycles. The maximum Gasteiger partial charge on any atom is 0.244 e. The number of nitrogens with zero attached hydrogens (tertiary/aromatic N) is 1. The fraction of sp³-hybridized carbons (Fsp3) is 0.500. The number of benzene rings is 1. The van der Waals surface area contributed by atoms with Crippen molar-refractivity contribution in [2.45, 2.75) is 23.3 Å². The first-order valence-electron chi connectivity index (χ1n) is 5.91. The Labute approximate surface area is 108 Å². The van der Waals surface area contributed by atoms with Crippen LogP contribution in [-0.2, 0) is 10.0 Å². The van der Waals surface area contributed by atoms with Crippen LogP contribution < -0.4 is 11.1 Å². The summed E-state index contributed by atoms with van der Waals surface area (Å²) in [6.45, 7) is 0.517. The number of hydrogen-bond acceptors (Lipinski definition) is 4. The molecule has 0 radical (unpaired) electrons. The smallest absolute Gasteiger partial charge is 0.244 e. The van der Waals surface area contributed by atoms with E-state index in [1.54, 1.807) is 18.2 Å². The van der Waals surface area contributed by atoms with E-state index in [1.165, 1.54) is 18.4 Å². The standard InChI is InChI=1S/C12H19N3O2S/c1-15(2)18(16,17)11-6-4-3-5-10(11)14-12(9-13)7-8-12/h3-6,14H,7-9,13H2,1-2H3. The van der Waals surface area contributed by atoms with E-state index in [9.17, 15) is 8.42 Å². The van der Waals surface area contributed by atoms with Crippen molar-refractivity contribution < 1.29 is 8.42 Å². The molecule has 0 saturated heterocycles. The van der Waals surface area contributed by atoms with Crippen LogP contribution in [0.2, 0.25) is 0 Å². The minimum Gasteiger partial charge on any atom is -0.377 e. The van der Waals surface area contributed by atoms with Gasteiger partial charge >= 0.3 is 0 Å². The highest BCUT2D eigenvalue weighted by atomic mass is 32.2. The largest absolute Gasteiger partial charge is 0.377 e. The summed E-state index contributed by atoms with van der Waals surface area (Å²) in [5, 5.41) is 3.28. The number of hydrogen-bond donors (Lipinski definition) is 2. The third-order valence-corrected chi connectivity index (χ3v) is 5.16. The second kappa shape index (κ2) is 4.53. The maximum absolute atomic E-state index is 12.2. The topological polar surface area (TPSA) is 75.4 Å². The summed E-state index contributed by atoms with van der Waals surface area (Å²) in [5.74, 6) is 0. The SMILES string of the molecule is CN(C)S(=O)(=O)c1ccccc1NC1(CN)CC1. The molecule has 0 aliphatic heterocycles. The van der Waals surface area contributed by atoms with Gasteiger partial charge in [0, 0.05) is 26.2 Å². The first kappa shape index (κ1) is 13.3. The Morgan fingerprint density at radius 2 is 1.94 bits per heavy atom. The van der Waals surface area contributed by atoms with Gasteiger partial charge in [-0.1, -0.05) is 12.1 Å². The van der Waals surface area contributed by atoms with Gasteiger partial charge in [-0.15, -0.1) is 0 Å². The van der Waals surface area contributed by atoms with Gasteiger partial charge in [-0.05, 0) is 25.0 Å². The Morgan fingerprint density at radius 1 is 1.33 bits per heavy atom. The molecular weight excluding hydrogens is 250 g/mol. The van der Waals surface area contributed by atoms with Gasteiger partial charge in [0.05, 0.1) is 5.69 Å². The van der Waals surface area contributed by atoms with Crippen molar-refractivity contribution in [3.05, 3.63) is 24.3 Å². The van der Waals surface area contributed by atoms with E-state index in [4.69, 9.17) is 5.73 Å². The number of nitrogens with two attached hydrogens (primary N) is 1. The van der Waals surface area contributed by atoms with Crippen molar-refractivity contribution in [2.75, 3.05) is 26.0 Å². The lowest BCUT2D eigenvalue weighted by Crippen LogP contribution is -2.32. The molecule has 0 atom stereocenters. The van der Waals surface area contributed by atoms with E-state index in [-0.39, 0.29) is 5.54 Å². The van der Waals surface area contributed by atoms with Gasteiger partial charge in [0.2, 0.25) is 10.0 Å². The molecule has 100 valence electrons. The molecule has 1 aliphatic carbocycles. The number of para-hydroxylation sites is 1. The molecular formula is C12H19N3O2S. The van der Waals surface area contributed by atoms with Gasteiger partial charge in [-0.3, -0.25) is 0 Å². The van der Waals surface area contributed by atoms with Gasteiger partial charge in [0.15, 0.2) is 0 Å². The Morgan fingerprint density at radius 3 is 2.44 bits per heavy atom. The van der Waals surface area contributed by atoms with Gasteiger partial charge in [0.25, 0.3) is 0 Å². The molecule has 0 unspecified atom stereocenters. The van der Waals surface area contributed by atoms with Gasteiger partial charge < -0.3 is 11.1 Å². The average Bonchev–Trinajstić information content (AvgIpc) is 3.10. The first-order valence-corrected chi connectivity index (χ1v) is 7.35. The fourth-order valence-electron chi connectivity index (χ4n) is 1.81. The van der Waals surface area contributed by atoms with Crippen molar-refractivity contribution in [1.29, 1.82) is 0 Å². The highest BCUT2D eigenvalue weighted by Gasteiger charge is 2.42. The number of anilines is 1. The normalized spacial score (nSPS) is 17.8. The molecule has 3 N–H and O–H groups in total. The van der Waals surface area contributed by atoms with Crippen molar-refractivity contribution in [1.82, 2.24) is 4.31 Å². The van der Waals surface area contributed by atoms with E-state index in [0.29, 0.717) is 17.1 Å². The second-order valence-electron chi connectivity index (χ2n) is 4.89. The Balaban J connectivity index is 2.38. The van der Waals surface area contributed by atoms with Crippen LogP contribution in [0.4, 0.5) is 5.69 Å². The molecule has 1 aliphatic rings. The lowest BCUT2D eigenvalue weighted by atomic mass is 10.2. The zero-order valence-corrected chi connectivity index (χ0v) is 11.5. The third kappa shape index (κ3) is 2.36. The van der Waals surface area contributed by atoms with Crippen LogP contribution in [-0.4, -0.2) is 38.9 Å². The van der Waals surface area contributed by atoms with E-state index >= 15 is 0 Å². The summed E-state index contributed by atoms with van der Waals surface area (Å²) < 4.78 is 25.6. The minimum absolute atomic E-state index is 0.113. The van der Waals surface area contributed by atoms with Crippen LogP contribution in [0.3, 0.4) is 0 Å². The molecule has 1 aromatic carbocycles. The zero-order chi connectivity index (χ0) is 13.4. The van der Waals surface area contributed by atoms with Gasteiger partial charge in [0.1, 0.15) is 4.90 Å². The molecule has 1 fully saturated rings. The Bertz CT molecular complexity index is 536. The van der Waals surface area contributed by atoms with Crippen molar-refractivity contribution >= 4 is 15.7 Å². The molecule has 1 aromatic rings. The highest BCUT2D eigenvalue weighted by Crippen LogP contribution is 2.39. The monoisotopic (exact) mass is 269 g/mol. The number of sulfonamides is 1. The molecule has 2 rings (SSSR count). The Kier molecular flexibility index (Phi) is 3.35. The molecule has 0 bridgehead atoms. The van der Waals surface area contributed by atoms with Crippen LogP contribution in [0, 0.1) is 0 Å². The van der Waals surface area contributed by atoms with E-state index in [2.05, 4.69) is 5.32 Å². The lowest BCUT2D eigenvalue weighted by molar-refractivity contribution is 0.521. The summed E-state index contributed by atoms with van der Waals surface area (Å²) >= 11 is 0. The van der Waals surface area contributed by atoms with Crippen molar-refractivity contribution in [2.24, 2.45) is 5.73 Å². The average molecular weight is 269 g/mol. The summed E-state index contributed by atoms with van der Waals surface area (Å²) in [6, 6.07) is 6.95. The van der Waals surface area contributed by atoms with Gasteiger partial charge in [-0.25, -0.2) is 12.7 Å². The molecule has 1 saturated carbocycles. The van der Waals surface area contributed by atoms with Crippen LogP contribution in [0.25, 0.3) is 0 Å². The van der Waals surface area contributed by atoms with E-state index < -0.39 is 10.0 Å². The molecule has 0 spiro atoms. The predicted octanol–water partition coefficient (Wildman–Crippen LogP) is 0.840. The van der Waals surface area contributed by atoms with Crippen LogP contribution >= 0.6 is 0 Å². The fourth-order valence-corrected chi connectivity index (χ4v) is 2.85. The molecule has 0 aromatic heterocycles. The first-order chi connectivity index (χ1) is 8.41. The van der Waals surface area contributed by atoms with Crippen LogP contribution in [0.1, 0.15) is 12.8 Å². The second-order valence-corrected chi connectivity index (χ2v) is 7.01. The molecule has 0 amide bonds. The molecule has 5 nitrogen and oxygen atoms in total. The highest BCUT2D eigenvalue weighted by molar-refractivity contribution is 7.89. The number of rotatable bonds is 5. The third-order valence-electron chi connectivity index (χ3n) is 3.29. The minimum atomic E-state index is -3.43. The predicted molar refractivity (Wildman–Crippen MR) is 72.0 cm³/mol. The lowest BCUT2D eigenvalue weighted by Gasteiger charge is -2.20. The number of nitrogens with one attached hydrogen (secondary N) is 1. The molecule has 18 heavy (non-hydrogen) atoms. The summed E-state index contributed by atoms with van der Waals surface area (Å²) in [5.41, 5.74) is 6.23. The quantitative estimate of drug-likeness (QED) is 0.830. The van der Waals surface area contributed by atoms with Crippen LogP contribution in [0.5, 0.6) is 0 Å². The maximum atomic E-state index is 12.2. The summed E-state index contributed by atoms with van der Waals surface area (Å²) in [4.78, 5) is 0.301. The van der Waals surface area contributed by atoms with Gasteiger partial charge in [-0.2, -0.15) is 0 Å². The zero-order valence-electron chi connectivity index (χ0n) is 10.7. The van der Waals surface area contributed by atoms with E-state index in [0.717, 1.165) is 12.8 Å². The molecule has 6 heteroatoms. The van der Waals surface area contributed by atoms with Crippen molar-refractivity contribution in [3.63, 3.8) is 0 Å². The summed E-state index contributed by atoms with van der Waals surface area (Å²) in [6.07, 6.45) is 1.97. The summed E-state index contributed by atoms with van der Waals surface area (Å²) in [7, 11) is -0.371. The van der Waals surface area contributed by atoms with Crippen LogP contribution in [0.15, 0.2) is 29.2 Å². The van der Waals surface area contributed by atoms with Crippen molar-refractivity contribution in [3.8, 4) is 0 Å². The Hall–Kier alpha value is -1.11. The van der Waals surface area contributed by atoms with E-state index in [1.807, 2.05) is 6.07 Å².